The second-order valence-electron chi connectivity index (χ2n) is 6.21. The van der Waals surface area contributed by atoms with Gasteiger partial charge in [-0.2, -0.15) is 0 Å². The van der Waals surface area contributed by atoms with Crippen molar-refractivity contribution in [2.45, 2.75) is 52.7 Å². The van der Waals surface area contributed by atoms with Crippen molar-refractivity contribution < 1.29 is 0 Å². The fourth-order valence-electron chi connectivity index (χ4n) is 3.57. The quantitative estimate of drug-likeness (QED) is 0.767. The molecule has 2 rings (SSSR count). The molecule has 2 aromatic rings. The zero-order valence-electron chi connectivity index (χ0n) is 14.5. The van der Waals surface area contributed by atoms with Gasteiger partial charge in [-0.25, -0.2) is 0 Å². The molecule has 0 radical (unpaired) electrons. The Balaban J connectivity index is 2.39. The first-order valence-electron chi connectivity index (χ1n) is 8.37. The van der Waals surface area contributed by atoms with Crippen LogP contribution in [-0.2, 0) is 25.9 Å². The van der Waals surface area contributed by atoms with Crippen molar-refractivity contribution in [1.82, 2.24) is 0 Å². The molecule has 3 nitrogen and oxygen atoms in total. The Kier molecular flexibility index (Phi) is 5.94. The lowest BCUT2D eigenvalue weighted by Gasteiger charge is -2.21. The summed E-state index contributed by atoms with van der Waals surface area (Å²) in [5, 5.41) is 0. The predicted molar refractivity (Wildman–Crippen MR) is 98.2 cm³/mol. The molecule has 3 heteroatoms. The highest BCUT2D eigenvalue weighted by molar-refractivity contribution is 5.46. The predicted octanol–water partition coefficient (Wildman–Crippen LogP) is 3.03. The average molecular weight is 311 g/mol. The Hall–Kier alpha value is -1.68. The first kappa shape index (κ1) is 17.7. The minimum Gasteiger partial charge on any atom is -0.326 e. The standard InChI is InChI=1S/C20H29N3/c1-4-17-14(3)19(12-22)13(2)9-16(17)10-20(23)18-8-6-5-7-15(18)11-21/h5-9,20H,4,10-12,21-23H2,1-3H3. The van der Waals surface area contributed by atoms with Crippen molar-refractivity contribution in [3.8, 4) is 0 Å². The number of hydrogen-bond acceptors (Lipinski definition) is 3. The van der Waals surface area contributed by atoms with Crippen molar-refractivity contribution in [2.75, 3.05) is 0 Å². The molecule has 0 saturated carbocycles. The minimum atomic E-state index is -0.0393. The topological polar surface area (TPSA) is 78.1 Å². The number of rotatable bonds is 6. The van der Waals surface area contributed by atoms with Gasteiger partial charge in [0.2, 0.25) is 0 Å². The van der Waals surface area contributed by atoms with Crippen LogP contribution in [0.5, 0.6) is 0 Å². The maximum atomic E-state index is 6.52. The lowest BCUT2D eigenvalue weighted by atomic mass is 9.87. The third-order valence-electron chi connectivity index (χ3n) is 4.83. The summed E-state index contributed by atoms with van der Waals surface area (Å²) in [5.74, 6) is 0. The van der Waals surface area contributed by atoms with E-state index in [4.69, 9.17) is 17.2 Å². The van der Waals surface area contributed by atoms with Gasteiger partial charge in [-0.1, -0.05) is 37.3 Å². The minimum absolute atomic E-state index is 0.0393. The maximum Gasteiger partial charge on any atom is 0.0339 e. The normalized spacial score (nSPS) is 12.4. The smallest absolute Gasteiger partial charge is 0.0339 e. The second-order valence-corrected chi connectivity index (χ2v) is 6.21. The number of benzene rings is 2. The summed E-state index contributed by atoms with van der Waals surface area (Å²) in [5.41, 5.74) is 27.1. The molecule has 0 aliphatic heterocycles. The Labute approximate surface area is 139 Å². The lowest BCUT2D eigenvalue weighted by molar-refractivity contribution is 0.703. The molecular weight excluding hydrogens is 282 g/mol. The SMILES string of the molecule is CCc1c(CC(N)c2ccccc2CN)cc(C)c(CN)c1C. The largest absolute Gasteiger partial charge is 0.326 e. The summed E-state index contributed by atoms with van der Waals surface area (Å²) >= 11 is 0. The van der Waals surface area contributed by atoms with Crippen LogP contribution < -0.4 is 17.2 Å². The van der Waals surface area contributed by atoms with Gasteiger partial charge >= 0.3 is 0 Å². The highest BCUT2D eigenvalue weighted by Crippen LogP contribution is 2.27. The van der Waals surface area contributed by atoms with Gasteiger partial charge in [0.15, 0.2) is 0 Å². The van der Waals surface area contributed by atoms with Crippen LogP contribution in [0.4, 0.5) is 0 Å². The van der Waals surface area contributed by atoms with Crippen LogP contribution in [0.15, 0.2) is 30.3 Å². The summed E-state index contributed by atoms with van der Waals surface area (Å²) < 4.78 is 0. The fourth-order valence-corrected chi connectivity index (χ4v) is 3.57. The highest BCUT2D eigenvalue weighted by Gasteiger charge is 2.16. The molecule has 0 aliphatic rings. The van der Waals surface area contributed by atoms with Crippen molar-refractivity contribution in [3.63, 3.8) is 0 Å². The highest BCUT2D eigenvalue weighted by atomic mass is 14.6. The van der Waals surface area contributed by atoms with Crippen LogP contribution in [0.25, 0.3) is 0 Å². The van der Waals surface area contributed by atoms with Gasteiger partial charge in [0.25, 0.3) is 0 Å². The molecule has 0 aromatic heterocycles. The Morgan fingerprint density at radius 1 is 0.957 bits per heavy atom. The van der Waals surface area contributed by atoms with Gasteiger partial charge in [0, 0.05) is 19.1 Å². The molecule has 6 N–H and O–H groups in total. The molecule has 0 bridgehead atoms. The Bertz CT molecular complexity index is 677. The van der Waals surface area contributed by atoms with Gasteiger partial charge in [-0.15, -0.1) is 0 Å². The monoisotopic (exact) mass is 311 g/mol. The van der Waals surface area contributed by atoms with Gasteiger partial charge in [0.05, 0.1) is 0 Å². The van der Waals surface area contributed by atoms with Crippen molar-refractivity contribution in [3.05, 3.63) is 69.3 Å². The van der Waals surface area contributed by atoms with Gasteiger partial charge < -0.3 is 17.2 Å². The molecule has 2 aromatic carbocycles. The van der Waals surface area contributed by atoms with Crippen LogP contribution in [-0.4, -0.2) is 0 Å². The van der Waals surface area contributed by atoms with E-state index in [2.05, 4.69) is 39.0 Å². The van der Waals surface area contributed by atoms with E-state index in [-0.39, 0.29) is 6.04 Å². The Morgan fingerprint density at radius 2 is 1.65 bits per heavy atom. The molecule has 0 heterocycles. The molecule has 1 atom stereocenters. The molecular formula is C20H29N3. The zero-order chi connectivity index (χ0) is 17.0. The molecule has 0 spiro atoms. The number of aryl methyl sites for hydroxylation is 1. The van der Waals surface area contributed by atoms with Gasteiger partial charge in [-0.3, -0.25) is 0 Å². The van der Waals surface area contributed by atoms with E-state index in [1.165, 1.54) is 27.8 Å². The number of nitrogens with two attached hydrogens (primary N) is 3. The van der Waals surface area contributed by atoms with E-state index in [1.54, 1.807) is 0 Å². The molecule has 0 aliphatic carbocycles. The first-order chi connectivity index (χ1) is 11.0. The third-order valence-corrected chi connectivity index (χ3v) is 4.83. The average Bonchev–Trinajstić information content (AvgIpc) is 2.55. The summed E-state index contributed by atoms with van der Waals surface area (Å²) in [4.78, 5) is 0. The van der Waals surface area contributed by atoms with E-state index in [0.29, 0.717) is 13.1 Å². The molecule has 124 valence electrons. The first-order valence-corrected chi connectivity index (χ1v) is 8.37. The van der Waals surface area contributed by atoms with E-state index in [9.17, 15) is 0 Å². The second kappa shape index (κ2) is 7.73. The van der Waals surface area contributed by atoms with Crippen LogP contribution in [0, 0.1) is 13.8 Å². The van der Waals surface area contributed by atoms with Crippen LogP contribution in [0.1, 0.15) is 51.9 Å². The van der Waals surface area contributed by atoms with E-state index in [1.807, 2.05) is 12.1 Å². The summed E-state index contributed by atoms with van der Waals surface area (Å²) in [7, 11) is 0. The van der Waals surface area contributed by atoms with E-state index < -0.39 is 0 Å². The van der Waals surface area contributed by atoms with Crippen LogP contribution in [0.3, 0.4) is 0 Å². The van der Waals surface area contributed by atoms with Gasteiger partial charge in [0.1, 0.15) is 0 Å². The summed E-state index contributed by atoms with van der Waals surface area (Å²) in [6.07, 6.45) is 1.83. The molecule has 1 unspecified atom stereocenters. The van der Waals surface area contributed by atoms with Gasteiger partial charge in [-0.05, 0) is 65.6 Å². The van der Waals surface area contributed by atoms with Crippen molar-refractivity contribution in [2.24, 2.45) is 17.2 Å². The van der Waals surface area contributed by atoms with Crippen LogP contribution in [0.2, 0.25) is 0 Å². The molecule has 0 amide bonds. The number of hydrogen-bond donors (Lipinski definition) is 3. The van der Waals surface area contributed by atoms with E-state index in [0.717, 1.165) is 24.0 Å². The van der Waals surface area contributed by atoms with Crippen molar-refractivity contribution >= 4 is 0 Å². The lowest BCUT2D eigenvalue weighted by Crippen LogP contribution is -2.18. The fraction of sp³-hybridized carbons (Fsp3) is 0.400. The Morgan fingerprint density at radius 3 is 2.26 bits per heavy atom. The molecule has 23 heavy (non-hydrogen) atoms. The van der Waals surface area contributed by atoms with Crippen LogP contribution >= 0.6 is 0 Å². The summed E-state index contributed by atoms with van der Waals surface area (Å²) in [6.45, 7) is 7.62. The molecule has 0 saturated heterocycles. The zero-order valence-corrected chi connectivity index (χ0v) is 14.5. The van der Waals surface area contributed by atoms with E-state index >= 15 is 0 Å². The summed E-state index contributed by atoms with van der Waals surface area (Å²) in [6, 6.07) is 10.4. The molecule has 0 fully saturated rings. The maximum absolute atomic E-state index is 6.52. The third kappa shape index (κ3) is 3.63. The van der Waals surface area contributed by atoms with Crippen molar-refractivity contribution in [1.29, 1.82) is 0 Å².